The molecule has 6 nitrogen and oxygen atoms in total. The molecule has 28 heavy (non-hydrogen) atoms. The van der Waals surface area contributed by atoms with Crippen molar-refractivity contribution in [3.05, 3.63) is 48.2 Å². The molecule has 1 atom stereocenters. The molecule has 2 aromatic rings. The minimum absolute atomic E-state index is 0.516. The van der Waals surface area contributed by atoms with Crippen molar-refractivity contribution < 1.29 is 4.74 Å². The van der Waals surface area contributed by atoms with Gasteiger partial charge in [0.2, 0.25) is 0 Å². The first-order valence-corrected chi connectivity index (χ1v) is 10.0. The Balaban J connectivity index is 1.40. The summed E-state index contributed by atoms with van der Waals surface area (Å²) in [5.41, 5.74) is 1.85. The van der Waals surface area contributed by atoms with E-state index < -0.39 is 0 Å². The molecule has 0 amide bonds. The molecule has 3 heterocycles. The van der Waals surface area contributed by atoms with Gasteiger partial charge in [-0.1, -0.05) is 12.1 Å². The number of ether oxygens (including phenoxy) is 1. The van der Waals surface area contributed by atoms with Crippen molar-refractivity contribution >= 4 is 11.5 Å². The molecule has 4 rings (SSSR count). The van der Waals surface area contributed by atoms with Crippen molar-refractivity contribution in [2.45, 2.75) is 18.9 Å². The second-order valence-electron chi connectivity index (χ2n) is 7.42. The number of pyridine rings is 1. The van der Waals surface area contributed by atoms with Gasteiger partial charge in [-0.2, -0.15) is 5.26 Å². The second-order valence-corrected chi connectivity index (χ2v) is 7.42. The summed E-state index contributed by atoms with van der Waals surface area (Å²) in [6, 6.07) is 14.8. The van der Waals surface area contributed by atoms with E-state index >= 15 is 0 Å². The monoisotopic (exact) mass is 377 g/mol. The number of para-hydroxylation sites is 2. The SMILES string of the molecule is COc1ccccc1N1CCN([C@H]2CCCN(c3ncccc3C#N)C2)CC1. The zero-order chi connectivity index (χ0) is 19.3. The van der Waals surface area contributed by atoms with Gasteiger partial charge in [0.05, 0.1) is 18.4 Å². The number of hydrogen-bond acceptors (Lipinski definition) is 6. The Bertz CT molecular complexity index is 841. The van der Waals surface area contributed by atoms with Crippen molar-refractivity contribution in [1.29, 1.82) is 5.26 Å². The topological polar surface area (TPSA) is 55.6 Å². The van der Waals surface area contributed by atoms with Crippen LogP contribution in [0.25, 0.3) is 0 Å². The van der Waals surface area contributed by atoms with E-state index in [1.54, 1.807) is 13.3 Å². The lowest BCUT2D eigenvalue weighted by Gasteiger charge is -2.44. The Morgan fingerprint density at radius 3 is 2.64 bits per heavy atom. The Hall–Kier alpha value is -2.78. The third kappa shape index (κ3) is 3.76. The molecule has 2 fully saturated rings. The Labute approximate surface area is 166 Å². The van der Waals surface area contributed by atoms with Gasteiger partial charge in [0, 0.05) is 51.5 Å². The van der Waals surface area contributed by atoms with E-state index in [2.05, 4.69) is 37.9 Å². The maximum Gasteiger partial charge on any atom is 0.146 e. The Morgan fingerprint density at radius 2 is 1.86 bits per heavy atom. The number of piperidine rings is 1. The van der Waals surface area contributed by atoms with Crippen LogP contribution in [-0.4, -0.2) is 62.3 Å². The van der Waals surface area contributed by atoms with Crippen LogP contribution in [0.5, 0.6) is 5.75 Å². The maximum atomic E-state index is 9.40. The van der Waals surface area contributed by atoms with Gasteiger partial charge >= 0.3 is 0 Å². The van der Waals surface area contributed by atoms with Crippen LogP contribution in [0.3, 0.4) is 0 Å². The van der Waals surface area contributed by atoms with Gasteiger partial charge in [-0.15, -0.1) is 0 Å². The summed E-state index contributed by atoms with van der Waals surface area (Å²) in [7, 11) is 1.73. The van der Waals surface area contributed by atoms with Crippen LogP contribution in [0.1, 0.15) is 18.4 Å². The first-order chi connectivity index (χ1) is 13.8. The third-order valence-corrected chi connectivity index (χ3v) is 5.86. The molecular formula is C22H27N5O. The molecule has 146 valence electrons. The highest BCUT2D eigenvalue weighted by molar-refractivity contribution is 5.58. The Kier molecular flexibility index (Phi) is 5.63. The lowest BCUT2D eigenvalue weighted by molar-refractivity contribution is 0.166. The number of benzene rings is 1. The minimum atomic E-state index is 0.516. The first-order valence-electron chi connectivity index (χ1n) is 10.0. The largest absolute Gasteiger partial charge is 0.495 e. The van der Waals surface area contributed by atoms with Crippen LogP contribution >= 0.6 is 0 Å². The molecule has 2 aliphatic heterocycles. The van der Waals surface area contributed by atoms with Crippen molar-refractivity contribution in [1.82, 2.24) is 9.88 Å². The summed E-state index contributed by atoms with van der Waals surface area (Å²) in [5, 5.41) is 9.40. The number of methoxy groups -OCH3 is 1. The van der Waals surface area contributed by atoms with Crippen molar-refractivity contribution in [2.75, 3.05) is 56.2 Å². The second kappa shape index (κ2) is 8.49. The summed E-state index contributed by atoms with van der Waals surface area (Å²) in [6.45, 7) is 6.02. The average Bonchev–Trinajstić information content (AvgIpc) is 2.79. The number of rotatable bonds is 4. The first kappa shape index (κ1) is 18.6. The predicted octanol–water partition coefficient (Wildman–Crippen LogP) is 2.75. The summed E-state index contributed by atoms with van der Waals surface area (Å²) in [6.07, 6.45) is 4.13. The Morgan fingerprint density at radius 1 is 1.04 bits per heavy atom. The molecule has 1 aromatic heterocycles. The highest BCUT2D eigenvalue weighted by Crippen LogP contribution is 2.29. The number of hydrogen-bond donors (Lipinski definition) is 0. The number of anilines is 2. The van der Waals surface area contributed by atoms with Crippen LogP contribution < -0.4 is 14.5 Å². The fraction of sp³-hybridized carbons (Fsp3) is 0.455. The summed E-state index contributed by atoms with van der Waals surface area (Å²) >= 11 is 0. The van der Waals surface area contributed by atoms with Gasteiger partial charge in [0.1, 0.15) is 17.6 Å². The van der Waals surface area contributed by atoms with Crippen molar-refractivity contribution in [2.24, 2.45) is 0 Å². The summed E-state index contributed by atoms with van der Waals surface area (Å²) in [5.74, 6) is 1.78. The standard InChI is InChI=1S/C22H27N5O/c1-28-21-9-3-2-8-20(21)26-14-12-25(13-15-26)19-7-5-11-27(17-19)22-18(16-23)6-4-10-24-22/h2-4,6,8-10,19H,5,7,11-15,17H2,1H3/t19-/m0/s1. The number of nitrogens with zero attached hydrogens (tertiary/aromatic N) is 5. The predicted molar refractivity (Wildman–Crippen MR) is 111 cm³/mol. The van der Waals surface area contributed by atoms with Crippen LogP contribution in [0.2, 0.25) is 0 Å². The van der Waals surface area contributed by atoms with Gasteiger partial charge in [-0.3, -0.25) is 4.90 Å². The zero-order valence-electron chi connectivity index (χ0n) is 16.4. The van der Waals surface area contributed by atoms with E-state index in [9.17, 15) is 5.26 Å². The summed E-state index contributed by atoms with van der Waals surface area (Å²) < 4.78 is 5.53. The quantitative estimate of drug-likeness (QED) is 0.817. The third-order valence-electron chi connectivity index (χ3n) is 5.86. The van der Waals surface area contributed by atoms with Gasteiger partial charge in [-0.25, -0.2) is 4.98 Å². The molecule has 2 aliphatic rings. The number of piperazine rings is 1. The van der Waals surface area contributed by atoms with Crippen LogP contribution in [0, 0.1) is 11.3 Å². The van der Waals surface area contributed by atoms with Gasteiger partial charge in [-0.05, 0) is 37.1 Å². The normalized spacial score (nSPS) is 20.6. The fourth-order valence-corrected chi connectivity index (χ4v) is 4.40. The van der Waals surface area contributed by atoms with Crippen LogP contribution in [-0.2, 0) is 0 Å². The van der Waals surface area contributed by atoms with E-state index in [1.807, 2.05) is 24.3 Å². The van der Waals surface area contributed by atoms with E-state index in [-0.39, 0.29) is 0 Å². The minimum Gasteiger partial charge on any atom is -0.495 e. The number of nitriles is 1. The molecule has 0 unspecified atom stereocenters. The van der Waals surface area contributed by atoms with E-state index in [1.165, 1.54) is 12.1 Å². The smallest absolute Gasteiger partial charge is 0.146 e. The molecule has 0 N–H and O–H groups in total. The molecule has 2 saturated heterocycles. The lowest BCUT2D eigenvalue weighted by atomic mass is 10.0. The van der Waals surface area contributed by atoms with Crippen LogP contribution in [0.15, 0.2) is 42.6 Å². The molecule has 6 heteroatoms. The molecule has 0 bridgehead atoms. The average molecular weight is 377 g/mol. The van der Waals surface area contributed by atoms with E-state index in [0.29, 0.717) is 11.6 Å². The maximum absolute atomic E-state index is 9.40. The zero-order valence-corrected chi connectivity index (χ0v) is 16.4. The molecule has 0 radical (unpaired) electrons. The fourth-order valence-electron chi connectivity index (χ4n) is 4.40. The highest BCUT2D eigenvalue weighted by Gasteiger charge is 2.29. The van der Waals surface area contributed by atoms with Gasteiger partial charge < -0.3 is 14.5 Å². The molecule has 1 aromatic carbocycles. The van der Waals surface area contributed by atoms with Gasteiger partial charge in [0.15, 0.2) is 0 Å². The van der Waals surface area contributed by atoms with E-state index in [4.69, 9.17) is 4.74 Å². The molecular weight excluding hydrogens is 350 g/mol. The molecule has 0 saturated carbocycles. The lowest BCUT2D eigenvalue weighted by Crippen LogP contribution is -2.55. The molecule has 0 aliphatic carbocycles. The summed E-state index contributed by atoms with van der Waals surface area (Å²) in [4.78, 5) is 11.8. The number of aromatic nitrogens is 1. The van der Waals surface area contributed by atoms with Gasteiger partial charge in [0.25, 0.3) is 0 Å². The van der Waals surface area contributed by atoms with Crippen LogP contribution in [0.4, 0.5) is 11.5 Å². The van der Waals surface area contributed by atoms with E-state index in [0.717, 1.165) is 57.3 Å². The van der Waals surface area contributed by atoms with Crippen molar-refractivity contribution in [3.8, 4) is 11.8 Å². The van der Waals surface area contributed by atoms with Crippen molar-refractivity contribution in [3.63, 3.8) is 0 Å². The highest BCUT2D eigenvalue weighted by atomic mass is 16.5. The molecule has 0 spiro atoms.